The zero-order valence-corrected chi connectivity index (χ0v) is 12.7. The van der Waals surface area contributed by atoms with E-state index in [0.29, 0.717) is 12.1 Å². The Balaban J connectivity index is 1.90. The molecular formula is C18H18F3NO. The second-order valence-corrected chi connectivity index (χ2v) is 5.49. The molecule has 5 heteroatoms. The molecule has 2 nitrogen and oxygen atoms in total. The van der Waals surface area contributed by atoms with E-state index >= 15 is 0 Å². The van der Waals surface area contributed by atoms with E-state index in [1.807, 2.05) is 37.3 Å². The highest BCUT2D eigenvalue weighted by Crippen LogP contribution is 2.29. The van der Waals surface area contributed by atoms with E-state index in [2.05, 4.69) is 5.32 Å². The second kappa shape index (κ2) is 7.31. The monoisotopic (exact) mass is 321 g/mol. The Morgan fingerprint density at radius 1 is 1.09 bits per heavy atom. The summed E-state index contributed by atoms with van der Waals surface area (Å²) in [5.41, 5.74) is 0.719. The maximum absolute atomic E-state index is 12.6. The Bertz CT molecular complexity index is 653. The van der Waals surface area contributed by atoms with Crippen LogP contribution in [0.25, 0.3) is 0 Å². The number of amides is 1. The van der Waals surface area contributed by atoms with Crippen LogP contribution >= 0.6 is 0 Å². The predicted molar refractivity (Wildman–Crippen MR) is 83.0 cm³/mol. The van der Waals surface area contributed by atoms with Crippen LogP contribution < -0.4 is 5.32 Å². The van der Waals surface area contributed by atoms with Crippen LogP contribution in [0.5, 0.6) is 0 Å². The fourth-order valence-corrected chi connectivity index (χ4v) is 2.27. The molecule has 0 aliphatic rings. The standard InChI is InChI=1S/C18H18F3NO/c1-13(15-7-3-2-4-8-15)12-22-17(23)11-14-6-5-9-16(10-14)18(19,20)21/h2-10,13H,11-12H2,1H3,(H,22,23). The van der Waals surface area contributed by atoms with E-state index in [-0.39, 0.29) is 18.2 Å². The molecule has 0 spiro atoms. The third-order valence-electron chi connectivity index (χ3n) is 3.59. The average Bonchev–Trinajstić information content (AvgIpc) is 2.53. The number of halogens is 3. The molecule has 0 aromatic heterocycles. The van der Waals surface area contributed by atoms with Gasteiger partial charge in [-0.2, -0.15) is 13.2 Å². The van der Waals surface area contributed by atoms with Crippen LogP contribution in [0.3, 0.4) is 0 Å². The Morgan fingerprint density at radius 3 is 2.43 bits per heavy atom. The van der Waals surface area contributed by atoms with Crippen molar-refractivity contribution >= 4 is 5.91 Å². The van der Waals surface area contributed by atoms with E-state index in [4.69, 9.17) is 0 Å². The van der Waals surface area contributed by atoms with Crippen molar-refractivity contribution < 1.29 is 18.0 Å². The maximum atomic E-state index is 12.6. The number of benzene rings is 2. The van der Waals surface area contributed by atoms with Gasteiger partial charge in [-0.05, 0) is 23.1 Å². The molecule has 2 aromatic rings. The first-order valence-corrected chi connectivity index (χ1v) is 7.34. The van der Waals surface area contributed by atoms with Crippen molar-refractivity contribution in [3.63, 3.8) is 0 Å². The van der Waals surface area contributed by atoms with Crippen LogP contribution in [0.15, 0.2) is 54.6 Å². The van der Waals surface area contributed by atoms with Crippen molar-refractivity contribution in [2.75, 3.05) is 6.54 Å². The Labute approximate surface area is 133 Å². The number of hydrogen-bond donors (Lipinski definition) is 1. The minimum Gasteiger partial charge on any atom is -0.355 e. The molecule has 0 aliphatic carbocycles. The van der Waals surface area contributed by atoms with Crippen molar-refractivity contribution in [2.45, 2.75) is 25.4 Å². The molecule has 0 bridgehead atoms. The maximum Gasteiger partial charge on any atom is 0.416 e. The lowest BCUT2D eigenvalue weighted by atomic mass is 10.0. The lowest BCUT2D eigenvalue weighted by Gasteiger charge is -2.13. The number of alkyl halides is 3. The summed E-state index contributed by atoms with van der Waals surface area (Å²) in [7, 11) is 0. The van der Waals surface area contributed by atoms with Gasteiger partial charge < -0.3 is 5.32 Å². The lowest BCUT2D eigenvalue weighted by molar-refractivity contribution is -0.137. The molecule has 1 amide bonds. The van der Waals surface area contributed by atoms with Gasteiger partial charge in [0.2, 0.25) is 5.91 Å². The molecule has 2 aromatic carbocycles. The van der Waals surface area contributed by atoms with E-state index < -0.39 is 11.7 Å². The summed E-state index contributed by atoms with van der Waals surface area (Å²) in [6.45, 7) is 2.43. The van der Waals surface area contributed by atoms with Crippen LogP contribution in [-0.4, -0.2) is 12.5 Å². The number of hydrogen-bond acceptors (Lipinski definition) is 1. The van der Waals surface area contributed by atoms with Gasteiger partial charge in [0.25, 0.3) is 0 Å². The Morgan fingerprint density at radius 2 is 1.78 bits per heavy atom. The zero-order valence-electron chi connectivity index (χ0n) is 12.7. The molecule has 23 heavy (non-hydrogen) atoms. The summed E-state index contributed by atoms with van der Waals surface area (Å²) in [6, 6.07) is 14.6. The van der Waals surface area contributed by atoms with Crippen molar-refractivity contribution in [1.82, 2.24) is 5.32 Å². The highest BCUT2D eigenvalue weighted by molar-refractivity contribution is 5.78. The smallest absolute Gasteiger partial charge is 0.355 e. The van der Waals surface area contributed by atoms with Crippen LogP contribution in [0.1, 0.15) is 29.5 Å². The van der Waals surface area contributed by atoms with Gasteiger partial charge in [0.1, 0.15) is 0 Å². The topological polar surface area (TPSA) is 29.1 Å². The fraction of sp³-hybridized carbons (Fsp3) is 0.278. The number of rotatable bonds is 5. The number of carbonyl (C=O) groups excluding carboxylic acids is 1. The van der Waals surface area contributed by atoms with E-state index in [0.717, 1.165) is 17.7 Å². The third-order valence-corrected chi connectivity index (χ3v) is 3.59. The zero-order chi connectivity index (χ0) is 16.9. The summed E-state index contributed by atoms with van der Waals surface area (Å²) in [5.74, 6) is -0.145. The van der Waals surface area contributed by atoms with Gasteiger partial charge >= 0.3 is 6.18 Å². The van der Waals surface area contributed by atoms with Gasteiger partial charge in [0, 0.05) is 6.54 Å². The SMILES string of the molecule is CC(CNC(=O)Cc1cccc(C(F)(F)F)c1)c1ccccc1. The van der Waals surface area contributed by atoms with Crippen molar-refractivity contribution in [3.05, 3.63) is 71.3 Å². The van der Waals surface area contributed by atoms with Crippen LogP contribution in [0, 0.1) is 0 Å². The molecule has 0 heterocycles. The van der Waals surface area contributed by atoms with Gasteiger partial charge in [-0.25, -0.2) is 0 Å². The summed E-state index contributed by atoms with van der Waals surface area (Å²) < 4.78 is 37.9. The normalized spacial score (nSPS) is 12.7. The summed E-state index contributed by atoms with van der Waals surface area (Å²) in [4.78, 5) is 11.9. The molecular weight excluding hydrogens is 303 g/mol. The molecule has 0 saturated heterocycles. The summed E-state index contributed by atoms with van der Waals surface area (Å²) >= 11 is 0. The average molecular weight is 321 g/mol. The van der Waals surface area contributed by atoms with E-state index in [9.17, 15) is 18.0 Å². The van der Waals surface area contributed by atoms with Crippen molar-refractivity contribution in [2.24, 2.45) is 0 Å². The molecule has 1 unspecified atom stereocenters. The largest absolute Gasteiger partial charge is 0.416 e. The quantitative estimate of drug-likeness (QED) is 0.880. The van der Waals surface area contributed by atoms with E-state index in [1.165, 1.54) is 12.1 Å². The Kier molecular flexibility index (Phi) is 5.42. The summed E-state index contributed by atoms with van der Waals surface area (Å²) in [6.07, 6.45) is -4.46. The minimum atomic E-state index is -4.39. The number of carbonyl (C=O) groups is 1. The molecule has 1 N–H and O–H groups in total. The van der Waals surface area contributed by atoms with Crippen LogP contribution in [-0.2, 0) is 17.4 Å². The fourth-order valence-electron chi connectivity index (χ4n) is 2.27. The summed E-state index contributed by atoms with van der Waals surface area (Å²) in [5, 5.41) is 2.77. The molecule has 122 valence electrons. The predicted octanol–water partition coefficient (Wildman–Crippen LogP) is 4.17. The Hall–Kier alpha value is -2.30. The first-order chi connectivity index (χ1) is 10.9. The third kappa shape index (κ3) is 5.13. The highest BCUT2D eigenvalue weighted by Gasteiger charge is 2.30. The molecule has 1 atom stereocenters. The van der Waals surface area contributed by atoms with E-state index in [1.54, 1.807) is 0 Å². The van der Waals surface area contributed by atoms with Crippen molar-refractivity contribution in [1.29, 1.82) is 0 Å². The van der Waals surface area contributed by atoms with Gasteiger partial charge in [-0.3, -0.25) is 4.79 Å². The van der Waals surface area contributed by atoms with Crippen molar-refractivity contribution in [3.8, 4) is 0 Å². The first kappa shape index (κ1) is 17.1. The lowest BCUT2D eigenvalue weighted by Crippen LogP contribution is -2.29. The minimum absolute atomic E-state index is 0.0641. The van der Waals surface area contributed by atoms with Gasteiger partial charge in [0.15, 0.2) is 0 Å². The van der Waals surface area contributed by atoms with Gasteiger partial charge in [0.05, 0.1) is 12.0 Å². The second-order valence-electron chi connectivity index (χ2n) is 5.49. The molecule has 0 aliphatic heterocycles. The molecule has 0 fully saturated rings. The molecule has 2 rings (SSSR count). The number of nitrogens with one attached hydrogen (secondary N) is 1. The highest BCUT2D eigenvalue weighted by atomic mass is 19.4. The molecule has 0 radical (unpaired) electrons. The van der Waals surface area contributed by atoms with Crippen LogP contribution in [0.2, 0.25) is 0 Å². The van der Waals surface area contributed by atoms with Crippen LogP contribution in [0.4, 0.5) is 13.2 Å². The molecule has 0 saturated carbocycles. The van der Waals surface area contributed by atoms with Gasteiger partial charge in [-0.1, -0.05) is 55.5 Å². The first-order valence-electron chi connectivity index (χ1n) is 7.34. The van der Waals surface area contributed by atoms with Gasteiger partial charge in [-0.15, -0.1) is 0 Å².